The molecule has 0 atom stereocenters. The van der Waals surface area contributed by atoms with Crippen LogP contribution in [0.5, 0.6) is 0 Å². The van der Waals surface area contributed by atoms with E-state index < -0.39 is 17.3 Å². The summed E-state index contributed by atoms with van der Waals surface area (Å²) in [6.07, 6.45) is -3.69. The van der Waals surface area contributed by atoms with Crippen LogP contribution >= 0.6 is 23.8 Å². The minimum absolute atomic E-state index is 0.0832. The fourth-order valence-electron chi connectivity index (χ4n) is 3.98. The fourth-order valence-corrected chi connectivity index (χ4v) is 4.47. The molecule has 2 heterocycles. The zero-order chi connectivity index (χ0) is 24.8. The van der Waals surface area contributed by atoms with Crippen molar-refractivity contribution in [1.82, 2.24) is 14.5 Å². The number of nitrogens with two attached hydrogens (primary N) is 1. The van der Waals surface area contributed by atoms with Crippen molar-refractivity contribution in [2.45, 2.75) is 19.0 Å². The summed E-state index contributed by atoms with van der Waals surface area (Å²) < 4.78 is 40.3. The van der Waals surface area contributed by atoms with Crippen molar-refractivity contribution in [2.75, 3.05) is 13.1 Å². The Bertz CT molecular complexity index is 1430. The topological polar surface area (TPSA) is 101 Å². The van der Waals surface area contributed by atoms with Crippen LogP contribution in [0, 0.1) is 10.7 Å². The van der Waals surface area contributed by atoms with Crippen molar-refractivity contribution >= 4 is 46.5 Å². The molecule has 0 radical (unpaired) electrons. The van der Waals surface area contributed by atoms with Crippen LogP contribution in [0.25, 0.3) is 16.6 Å². The minimum Gasteiger partial charge on any atom is -0.369 e. The number of nitrogens with one attached hydrogen (secondary N) is 1. The van der Waals surface area contributed by atoms with Crippen LogP contribution in [0.4, 0.5) is 13.2 Å². The van der Waals surface area contributed by atoms with E-state index >= 15 is 0 Å². The molecule has 0 bridgehead atoms. The molecule has 0 saturated carbocycles. The van der Waals surface area contributed by atoms with E-state index in [1.54, 1.807) is 4.90 Å². The van der Waals surface area contributed by atoms with Gasteiger partial charge in [-0.3, -0.25) is 19.0 Å². The largest absolute Gasteiger partial charge is 0.416 e. The van der Waals surface area contributed by atoms with Gasteiger partial charge in [-0.2, -0.15) is 13.2 Å². The monoisotopic (exact) mass is 510 g/mol. The Morgan fingerprint density at radius 3 is 2.41 bits per heavy atom. The first-order valence-electron chi connectivity index (χ1n) is 10.2. The smallest absolute Gasteiger partial charge is 0.369 e. The van der Waals surface area contributed by atoms with Crippen molar-refractivity contribution in [3.63, 3.8) is 0 Å². The molecule has 7 nitrogen and oxygen atoms in total. The van der Waals surface area contributed by atoms with Crippen LogP contribution in [0.3, 0.4) is 0 Å². The van der Waals surface area contributed by atoms with Gasteiger partial charge in [0, 0.05) is 24.6 Å². The number of carbonyl (C=O) groups excluding carboxylic acids is 2. The summed E-state index contributed by atoms with van der Waals surface area (Å²) in [6, 6.07) is 6.95. The maximum atomic E-state index is 13.2. The third kappa shape index (κ3) is 4.45. The number of H-pyrrole nitrogens is 1. The number of likely N-dealkylation sites (tertiary alicyclic amines) is 1. The van der Waals surface area contributed by atoms with Crippen LogP contribution < -0.4 is 11.3 Å². The van der Waals surface area contributed by atoms with Crippen LogP contribution in [-0.2, 0) is 11.0 Å². The summed E-state index contributed by atoms with van der Waals surface area (Å²) in [5.74, 6) is -0.935. The van der Waals surface area contributed by atoms with Gasteiger partial charge < -0.3 is 15.6 Å². The Morgan fingerprint density at radius 2 is 1.79 bits per heavy atom. The molecule has 12 heteroatoms. The second kappa shape index (κ2) is 8.88. The lowest BCUT2D eigenvalue weighted by molar-refractivity contribution is -0.137. The van der Waals surface area contributed by atoms with E-state index in [-0.39, 0.29) is 44.1 Å². The number of rotatable bonds is 3. The van der Waals surface area contributed by atoms with Crippen LogP contribution in [-0.4, -0.2) is 39.4 Å². The fraction of sp³-hybridized carbons (Fsp3) is 0.273. The third-order valence-electron chi connectivity index (χ3n) is 5.84. The van der Waals surface area contributed by atoms with Gasteiger partial charge in [0.1, 0.15) is 0 Å². The number of aromatic amines is 1. The van der Waals surface area contributed by atoms with Gasteiger partial charge in [-0.15, -0.1) is 0 Å². The summed E-state index contributed by atoms with van der Waals surface area (Å²) in [7, 11) is 0. The molecule has 1 aliphatic heterocycles. The Morgan fingerprint density at radius 1 is 1.12 bits per heavy atom. The standard InChI is InChI=1S/C22H18ClF3N4O3S/c23-15-4-2-13(22(24,25)26)10-17(15)30-20(33)14-3-1-12(9-16(14)28-21(30)34)19(32)29-7-5-11(6-8-29)18(27)31/h1-4,9-11H,5-8H2,(H2,27,31)(H,28,34). The summed E-state index contributed by atoms with van der Waals surface area (Å²) in [6.45, 7) is 0.742. The highest BCUT2D eigenvalue weighted by molar-refractivity contribution is 7.71. The van der Waals surface area contributed by atoms with Gasteiger partial charge in [0.25, 0.3) is 11.5 Å². The molecule has 3 aromatic rings. The molecule has 3 N–H and O–H groups in total. The number of fused-ring (bicyclic) bond motifs is 1. The second-order valence-corrected chi connectivity index (χ2v) is 8.76. The minimum atomic E-state index is -4.63. The second-order valence-electron chi connectivity index (χ2n) is 7.96. The number of primary amides is 1. The molecule has 34 heavy (non-hydrogen) atoms. The van der Waals surface area contributed by atoms with Crippen molar-refractivity contribution in [2.24, 2.45) is 11.7 Å². The number of hydrogen-bond acceptors (Lipinski definition) is 4. The predicted octanol–water partition coefficient (Wildman–Crippen LogP) is 4.06. The average molecular weight is 511 g/mol. The molecule has 0 spiro atoms. The maximum absolute atomic E-state index is 13.2. The highest BCUT2D eigenvalue weighted by atomic mass is 35.5. The molecule has 1 fully saturated rings. The lowest BCUT2D eigenvalue weighted by atomic mass is 9.96. The Labute approximate surface area is 200 Å². The molecule has 1 saturated heterocycles. The number of hydrogen-bond donors (Lipinski definition) is 2. The van der Waals surface area contributed by atoms with E-state index in [1.165, 1.54) is 18.2 Å². The van der Waals surface area contributed by atoms with E-state index in [1.807, 2.05) is 0 Å². The number of piperidine rings is 1. The van der Waals surface area contributed by atoms with Gasteiger partial charge in [-0.05, 0) is 61.5 Å². The van der Waals surface area contributed by atoms with Crippen LogP contribution in [0.2, 0.25) is 5.02 Å². The van der Waals surface area contributed by atoms with Gasteiger partial charge in [-0.1, -0.05) is 11.6 Å². The molecular weight excluding hydrogens is 493 g/mol. The lowest BCUT2D eigenvalue weighted by Crippen LogP contribution is -2.41. The predicted molar refractivity (Wildman–Crippen MR) is 123 cm³/mol. The molecule has 0 aliphatic carbocycles. The van der Waals surface area contributed by atoms with Crippen molar-refractivity contribution < 1.29 is 22.8 Å². The van der Waals surface area contributed by atoms with Gasteiger partial charge in [0.05, 0.1) is 27.2 Å². The number of carbonyl (C=O) groups is 2. The SMILES string of the molecule is NC(=O)C1CCN(C(=O)c2ccc3c(=O)n(-c4cc(C(F)(F)F)ccc4Cl)c(=S)[nH]c3c2)CC1. The van der Waals surface area contributed by atoms with E-state index in [0.717, 1.165) is 22.8 Å². The Balaban J connectivity index is 1.72. The van der Waals surface area contributed by atoms with Gasteiger partial charge >= 0.3 is 6.18 Å². The van der Waals surface area contributed by atoms with Gasteiger partial charge in [0.2, 0.25) is 5.91 Å². The van der Waals surface area contributed by atoms with Gasteiger partial charge in [-0.25, -0.2) is 0 Å². The molecule has 1 aromatic heterocycles. The highest BCUT2D eigenvalue weighted by Gasteiger charge is 2.31. The van der Waals surface area contributed by atoms with E-state index in [2.05, 4.69) is 4.98 Å². The summed E-state index contributed by atoms with van der Waals surface area (Å²) in [5.41, 5.74) is 4.02. The molecule has 1 aliphatic rings. The first kappa shape index (κ1) is 24.0. The summed E-state index contributed by atoms with van der Waals surface area (Å²) >= 11 is 11.3. The first-order chi connectivity index (χ1) is 16.0. The van der Waals surface area contributed by atoms with E-state index in [4.69, 9.17) is 29.6 Å². The molecule has 0 unspecified atom stereocenters. The van der Waals surface area contributed by atoms with Crippen LogP contribution in [0.1, 0.15) is 28.8 Å². The summed E-state index contributed by atoms with van der Waals surface area (Å²) in [5, 5.41) is 0.0335. The maximum Gasteiger partial charge on any atom is 0.416 e. The molecule has 2 aromatic carbocycles. The zero-order valence-corrected chi connectivity index (χ0v) is 19.1. The number of nitrogens with zero attached hydrogens (tertiary/aromatic N) is 2. The quantitative estimate of drug-likeness (QED) is 0.519. The first-order valence-corrected chi connectivity index (χ1v) is 11.0. The van der Waals surface area contributed by atoms with Gasteiger partial charge in [0.15, 0.2) is 4.77 Å². The number of aromatic nitrogens is 2. The molecule has 2 amide bonds. The van der Waals surface area contributed by atoms with E-state index in [0.29, 0.717) is 31.5 Å². The highest BCUT2D eigenvalue weighted by Crippen LogP contribution is 2.33. The number of benzene rings is 2. The zero-order valence-electron chi connectivity index (χ0n) is 17.5. The normalized spacial score (nSPS) is 15.0. The van der Waals surface area contributed by atoms with Crippen molar-refractivity contribution in [1.29, 1.82) is 0 Å². The Hall–Kier alpha value is -3.18. The van der Waals surface area contributed by atoms with Crippen molar-refractivity contribution in [3.05, 3.63) is 67.7 Å². The Kier molecular flexibility index (Phi) is 6.26. The van der Waals surface area contributed by atoms with Crippen molar-refractivity contribution in [3.8, 4) is 5.69 Å². The van der Waals surface area contributed by atoms with Crippen LogP contribution in [0.15, 0.2) is 41.2 Å². The average Bonchev–Trinajstić information content (AvgIpc) is 2.78. The third-order valence-corrected chi connectivity index (χ3v) is 6.45. The van der Waals surface area contributed by atoms with E-state index in [9.17, 15) is 27.6 Å². The molecule has 4 rings (SSSR count). The molecular formula is C22H18ClF3N4O3S. The summed E-state index contributed by atoms with van der Waals surface area (Å²) in [4.78, 5) is 41.8. The number of halogens is 4. The lowest BCUT2D eigenvalue weighted by Gasteiger charge is -2.30. The molecule has 178 valence electrons. The number of amides is 2. The number of alkyl halides is 3.